The summed E-state index contributed by atoms with van der Waals surface area (Å²) in [5.41, 5.74) is -0.776. The summed E-state index contributed by atoms with van der Waals surface area (Å²) in [4.78, 5) is 11.8. The number of amides is 1. The minimum absolute atomic E-state index is 0.0371. The molecule has 4 N–H and O–H groups in total. The summed E-state index contributed by atoms with van der Waals surface area (Å²) in [5.74, 6) is 0.0371. The number of ether oxygens (including phenoxy) is 1. The van der Waals surface area contributed by atoms with Crippen LogP contribution in [0.1, 0.15) is 26.3 Å². The van der Waals surface area contributed by atoms with Crippen molar-refractivity contribution in [1.29, 1.82) is 0 Å². The maximum absolute atomic E-state index is 11.8. The van der Waals surface area contributed by atoms with Gasteiger partial charge in [0.05, 0.1) is 5.69 Å². The van der Waals surface area contributed by atoms with Gasteiger partial charge in [0.1, 0.15) is 17.0 Å². The van der Waals surface area contributed by atoms with Crippen molar-refractivity contribution in [2.24, 2.45) is 0 Å². The fourth-order valence-electron chi connectivity index (χ4n) is 1.99. The number of anilines is 1. The zero-order valence-electron chi connectivity index (χ0n) is 11.9. The second-order valence-corrected chi connectivity index (χ2v) is 5.99. The van der Waals surface area contributed by atoms with Gasteiger partial charge in [0.25, 0.3) is 0 Å². The Labute approximate surface area is 117 Å². The summed E-state index contributed by atoms with van der Waals surface area (Å²) in [6.07, 6.45) is -0.597. The number of hydrogen-bond donors (Lipinski definition) is 4. The third kappa shape index (κ3) is 3.20. The number of nitrogens with one attached hydrogen (secondary N) is 2. The molecule has 0 unspecified atom stereocenters. The van der Waals surface area contributed by atoms with Gasteiger partial charge in [-0.25, -0.2) is 4.79 Å². The third-order valence-corrected chi connectivity index (χ3v) is 2.98. The van der Waals surface area contributed by atoms with E-state index in [9.17, 15) is 15.0 Å². The number of hydrogen-bond acceptors (Lipinski definition) is 5. The van der Waals surface area contributed by atoms with Gasteiger partial charge in [-0.15, -0.1) is 0 Å². The molecule has 0 saturated carbocycles. The Hall–Kier alpha value is -1.79. The van der Waals surface area contributed by atoms with Crippen molar-refractivity contribution in [2.75, 3.05) is 18.4 Å². The molecule has 0 spiro atoms. The van der Waals surface area contributed by atoms with Crippen molar-refractivity contribution in [3.8, 4) is 5.75 Å². The second kappa shape index (κ2) is 4.96. The number of rotatable bonds is 2. The highest BCUT2D eigenvalue weighted by molar-refractivity contribution is 5.86. The standard InChI is InChI=1S/C14H20N2O4/c1-13(2,3)20-12(18)16-11-5-4-9(17)6-10(11)14(19)7-15-8-14/h4-6,15,17,19H,7-8H2,1-3H3,(H,16,18). The van der Waals surface area contributed by atoms with E-state index in [-0.39, 0.29) is 5.75 Å². The van der Waals surface area contributed by atoms with E-state index in [0.717, 1.165) is 0 Å². The van der Waals surface area contributed by atoms with Crippen LogP contribution >= 0.6 is 0 Å². The van der Waals surface area contributed by atoms with E-state index >= 15 is 0 Å². The molecule has 6 nitrogen and oxygen atoms in total. The zero-order chi connectivity index (χ0) is 15.0. The SMILES string of the molecule is CC(C)(C)OC(=O)Nc1ccc(O)cc1C1(O)CNC1. The van der Waals surface area contributed by atoms with Gasteiger partial charge in [0, 0.05) is 18.7 Å². The first kappa shape index (κ1) is 14.6. The Kier molecular flexibility index (Phi) is 3.62. The van der Waals surface area contributed by atoms with Gasteiger partial charge in [0.15, 0.2) is 0 Å². The second-order valence-electron chi connectivity index (χ2n) is 5.99. The predicted molar refractivity (Wildman–Crippen MR) is 74.7 cm³/mol. The van der Waals surface area contributed by atoms with Crippen LogP contribution in [0.25, 0.3) is 0 Å². The molecule has 6 heteroatoms. The molecule has 0 radical (unpaired) electrons. The van der Waals surface area contributed by atoms with Gasteiger partial charge in [0.2, 0.25) is 0 Å². The monoisotopic (exact) mass is 280 g/mol. The molecule has 1 aromatic carbocycles. The summed E-state index contributed by atoms with van der Waals surface area (Å²) in [7, 11) is 0. The molecule has 1 heterocycles. The molecular weight excluding hydrogens is 260 g/mol. The van der Waals surface area contributed by atoms with Crippen LogP contribution in [0.2, 0.25) is 0 Å². The number of carbonyl (C=O) groups is 1. The molecule has 110 valence electrons. The van der Waals surface area contributed by atoms with Crippen molar-refractivity contribution in [1.82, 2.24) is 5.32 Å². The normalized spacial score (nSPS) is 17.2. The molecule has 1 aromatic rings. The van der Waals surface area contributed by atoms with Crippen molar-refractivity contribution in [2.45, 2.75) is 32.0 Å². The minimum atomic E-state index is -1.08. The van der Waals surface area contributed by atoms with E-state index in [2.05, 4.69) is 10.6 Å². The van der Waals surface area contributed by atoms with Crippen LogP contribution in [0.5, 0.6) is 5.75 Å². The molecule has 0 aliphatic carbocycles. The minimum Gasteiger partial charge on any atom is -0.508 e. The quantitative estimate of drug-likeness (QED) is 0.617. The molecule has 1 fully saturated rings. The summed E-state index contributed by atoms with van der Waals surface area (Å²) in [5, 5.41) is 25.5. The Bertz CT molecular complexity index is 518. The zero-order valence-corrected chi connectivity index (χ0v) is 11.9. The van der Waals surface area contributed by atoms with E-state index in [1.165, 1.54) is 12.1 Å². The van der Waals surface area contributed by atoms with Crippen molar-refractivity contribution >= 4 is 11.8 Å². The largest absolute Gasteiger partial charge is 0.508 e. The van der Waals surface area contributed by atoms with Gasteiger partial charge in [-0.3, -0.25) is 5.32 Å². The van der Waals surface area contributed by atoms with E-state index < -0.39 is 17.3 Å². The van der Waals surface area contributed by atoms with Gasteiger partial charge < -0.3 is 20.3 Å². The van der Waals surface area contributed by atoms with Crippen molar-refractivity contribution < 1.29 is 19.7 Å². The lowest BCUT2D eigenvalue weighted by molar-refractivity contribution is -0.0141. The van der Waals surface area contributed by atoms with Gasteiger partial charge in [-0.1, -0.05) is 0 Å². The van der Waals surface area contributed by atoms with Crippen LogP contribution in [0.15, 0.2) is 18.2 Å². The molecule has 1 aliphatic rings. The van der Waals surface area contributed by atoms with Gasteiger partial charge in [-0.2, -0.15) is 0 Å². The molecule has 1 saturated heterocycles. The van der Waals surface area contributed by atoms with Gasteiger partial charge >= 0.3 is 6.09 Å². The Balaban J connectivity index is 2.21. The Morgan fingerprint density at radius 3 is 2.55 bits per heavy atom. The summed E-state index contributed by atoms with van der Waals surface area (Å²) < 4.78 is 5.18. The summed E-state index contributed by atoms with van der Waals surface area (Å²) >= 11 is 0. The first-order valence-electron chi connectivity index (χ1n) is 6.46. The molecule has 0 atom stereocenters. The molecule has 1 amide bonds. The lowest BCUT2D eigenvalue weighted by Crippen LogP contribution is -2.57. The Morgan fingerprint density at radius 2 is 2.05 bits per heavy atom. The highest BCUT2D eigenvalue weighted by Crippen LogP contribution is 2.34. The van der Waals surface area contributed by atoms with Crippen molar-refractivity contribution in [3.63, 3.8) is 0 Å². The maximum atomic E-state index is 11.8. The van der Waals surface area contributed by atoms with Crippen molar-refractivity contribution in [3.05, 3.63) is 23.8 Å². The summed E-state index contributed by atoms with van der Waals surface area (Å²) in [6, 6.07) is 4.45. The molecule has 0 aromatic heterocycles. The molecule has 0 bridgehead atoms. The van der Waals surface area contributed by atoms with E-state index in [0.29, 0.717) is 24.3 Å². The predicted octanol–water partition coefficient (Wildman–Crippen LogP) is 1.53. The number of carbonyl (C=O) groups excluding carboxylic acids is 1. The lowest BCUT2D eigenvalue weighted by Gasteiger charge is -2.39. The average molecular weight is 280 g/mol. The summed E-state index contributed by atoms with van der Waals surface area (Å²) in [6.45, 7) is 6.06. The van der Waals surface area contributed by atoms with Crippen LogP contribution in [0, 0.1) is 0 Å². The van der Waals surface area contributed by atoms with E-state index in [4.69, 9.17) is 4.74 Å². The van der Waals surface area contributed by atoms with Crippen LogP contribution in [0.4, 0.5) is 10.5 Å². The molecule has 1 aliphatic heterocycles. The number of aromatic hydroxyl groups is 1. The number of phenols is 1. The topological polar surface area (TPSA) is 90.8 Å². The van der Waals surface area contributed by atoms with Gasteiger partial charge in [-0.05, 0) is 39.0 Å². The lowest BCUT2D eigenvalue weighted by atomic mass is 9.87. The van der Waals surface area contributed by atoms with E-state index in [1.54, 1.807) is 26.8 Å². The first-order chi connectivity index (χ1) is 9.20. The number of β-amino-alcohol motifs (C(OH)–C–C–N with tert-alkyl or cyclic N) is 1. The number of phenolic OH excluding ortho intramolecular Hbond substituents is 1. The average Bonchev–Trinajstić information content (AvgIpc) is 2.26. The maximum Gasteiger partial charge on any atom is 0.412 e. The highest BCUT2D eigenvalue weighted by atomic mass is 16.6. The third-order valence-electron chi connectivity index (χ3n) is 2.98. The Morgan fingerprint density at radius 1 is 1.40 bits per heavy atom. The molecule has 20 heavy (non-hydrogen) atoms. The number of benzene rings is 1. The van der Waals surface area contributed by atoms with Crippen LogP contribution < -0.4 is 10.6 Å². The highest BCUT2D eigenvalue weighted by Gasteiger charge is 2.38. The first-order valence-corrected chi connectivity index (χ1v) is 6.46. The fraction of sp³-hybridized carbons (Fsp3) is 0.500. The van der Waals surface area contributed by atoms with Crippen LogP contribution in [-0.2, 0) is 10.3 Å². The fourth-order valence-corrected chi connectivity index (χ4v) is 1.99. The number of aliphatic hydroxyl groups is 1. The molecular formula is C14H20N2O4. The van der Waals surface area contributed by atoms with Crippen LogP contribution in [0.3, 0.4) is 0 Å². The van der Waals surface area contributed by atoms with Crippen LogP contribution in [-0.4, -0.2) is 35.0 Å². The van der Waals surface area contributed by atoms with E-state index in [1.807, 2.05) is 0 Å². The molecule has 2 rings (SSSR count). The smallest absolute Gasteiger partial charge is 0.412 e.